The Balaban J connectivity index is 3.12. The number of halogens is 1. The highest BCUT2D eigenvalue weighted by molar-refractivity contribution is 9.10. The second-order valence-corrected chi connectivity index (χ2v) is 4.70. The molecule has 0 radical (unpaired) electrons. The average Bonchev–Trinajstić information content (AvgIpc) is 2.45. The van der Waals surface area contributed by atoms with Gasteiger partial charge in [0.15, 0.2) is 0 Å². The highest BCUT2D eigenvalue weighted by Crippen LogP contribution is 2.24. The van der Waals surface area contributed by atoms with Gasteiger partial charge >= 0.3 is 11.9 Å². The Morgan fingerprint density at radius 3 is 2.25 bits per heavy atom. The van der Waals surface area contributed by atoms with Gasteiger partial charge in [0, 0.05) is 4.47 Å². The molecule has 7 heteroatoms. The van der Waals surface area contributed by atoms with E-state index in [4.69, 9.17) is 5.26 Å². The summed E-state index contributed by atoms with van der Waals surface area (Å²) in [5.74, 6) is -1.03. The number of hydrogen-bond donors (Lipinski definition) is 0. The molecule has 0 aliphatic heterocycles. The smallest absolute Gasteiger partial charge is 0.325 e. The summed E-state index contributed by atoms with van der Waals surface area (Å²) in [6.45, 7) is -0.302. The molecule has 0 bridgehead atoms. The summed E-state index contributed by atoms with van der Waals surface area (Å²) in [6, 6.07) is 7.00. The van der Waals surface area contributed by atoms with Crippen molar-refractivity contribution < 1.29 is 19.1 Å². The highest BCUT2D eigenvalue weighted by Gasteiger charge is 2.19. The number of nitrogens with zero attached hydrogens (tertiary/aromatic N) is 2. The summed E-state index contributed by atoms with van der Waals surface area (Å²) >= 11 is 3.26. The van der Waals surface area contributed by atoms with Crippen molar-refractivity contribution in [3.05, 3.63) is 28.2 Å². The van der Waals surface area contributed by atoms with E-state index in [-0.39, 0.29) is 13.1 Å². The fraction of sp³-hybridized carbons (Fsp3) is 0.308. The number of carbonyl (C=O) groups is 2. The van der Waals surface area contributed by atoms with Crippen molar-refractivity contribution in [2.75, 3.05) is 32.2 Å². The van der Waals surface area contributed by atoms with Crippen LogP contribution in [-0.4, -0.2) is 39.2 Å². The molecule has 0 fully saturated rings. The third-order valence-electron chi connectivity index (χ3n) is 2.52. The number of rotatable bonds is 5. The van der Waals surface area contributed by atoms with Gasteiger partial charge < -0.3 is 14.4 Å². The summed E-state index contributed by atoms with van der Waals surface area (Å²) in [6.07, 6.45) is 0. The van der Waals surface area contributed by atoms with Gasteiger partial charge in [-0.15, -0.1) is 0 Å². The molecule has 0 aliphatic rings. The standard InChI is InChI=1S/C13H13BrN2O4/c1-19-12(17)7-16(8-13(18)20-2)11-4-3-10(14)5-9(11)6-15/h3-5H,7-8H2,1-2H3. The zero-order chi connectivity index (χ0) is 15.1. The van der Waals surface area contributed by atoms with Gasteiger partial charge in [-0.25, -0.2) is 0 Å². The van der Waals surface area contributed by atoms with Gasteiger partial charge in [0.05, 0.1) is 25.5 Å². The minimum Gasteiger partial charge on any atom is -0.468 e. The second kappa shape index (κ2) is 7.50. The molecule has 0 aliphatic carbocycles. The number of nitriles is 1. The molecule has 0 heterocycles. The third-order valence-corrected chi connectivity index (χ3v) is 3.01. The number of hydrogen-bond acceptors (Lipinski definition) is 6. The quantitative estimate of drug-likeness (QED) is 0.755. The molecule has 1 rings (SSSR count). The second-order valence-electron chi connectivity index (χ2n) is 3.78. The molecule has 0 amide bonds. The van der Waals surface area contributed by atoms with Gasteiger partial charge in [-0.3, -0.25) is 9.59 Å². The molecule has 106 valence electrons. The van der Waals surface area contributed by atoms with Crippen molar-refractivity contribution in [3.8, 4) is 6.07 Å². The van der Waals surface area contributed by atoms with E-state index in [0.717, 1.165) is 4.47 Å². The molecular weight excluding hydrogens is 328 g/mol. The Bertz CT molecular complexity index is 536. The first-order valence-corrected chi connectivity index (χ1v) is 6.39. The first-order valence-electron chi connectivity index (χ1n) is 5.60. The lowest BCUT2D eigenvalue weighted by atomic mass is 10.1. The molecule has 0 N–H and O–H groups in total. The van der Waals surface area contributed by atoms with Crippen LogP contribution in [0.5, 0.6) is 0 Å². The molecule has 0 atom stereocenters. The van der Waals surface area contributed by atoms with Crippen LogP contribution in [0.25, 0.3) is 0 Å². The Morgan fingerprint density at radius 2 is 1.80 bits per heavy atom. The Kier molecular flexibility index (Phi) is 6.00. The molecule has 0 saturated carbocycles. The zero-order valence-electron chi connectivity index (χ0n) is 11.1. The van der Waals surface area contributed by atoms with Crippen LogP contribution in [-0.2, 0) is 19.1 Å². The fourth-order valence-corrected chi connectivity index (χ4v) is 1.90. The van der Waals surface area contributed by atoms with E-state index in [1.165, 1.54) is 19.1 Å². The fourth-order valence-electron chi connectivity index (χ4n) is 1.54. The van der Waals surface area contributed by atoms with Gasteiger partial charge in [0.2, 0.25) is 0 Å². The number of benzene rings is 1. The largest absolute Gasteiger partial charge is 0.468 e. The maximum absolute atomic E-state index is 11.4. The normalized spacial score (nSPS) is 9.50. The minimum absolute atomic E-state index is 0.151. The molecule has 1 aromatic rings. The number of anilines is 1. The summed E-state index contributed by atoms with van der Waals surface area (Å²) in [4.78, 5) is 24.3. The van der Waals surface area contributed by atoms with Crippen molar-refractivity contribution in [1.82, 2.24) is 0 Å². The van der Waals surface area contributed by atoms with E-state index in [9.17, 15) is 9.59 Å². The molecule has 0 saturated heterocycles. The predicted octanol–water partition coefficient (Wildman–Crippen LogP) is 1.47. The lowest BCUT2D eigenvalue weighted by Crippen LogP contribution is -2.36. The van der Waals surface area contributed by atoms with Gasteiger partial charge in [0.1, 0.15) is 19.2 Å². The lowest BCUT2D eigenvalue weighted by molar-refractivity contribution is -0.140. The van der Waals surface area contributed by atoms with E-state index in [1.807, 2.05) is 6.07 Å². The molecule has 0 aromatic heterocycles. The van der Waals surface area contributed by atoms with E-state index in [1.54, 1.807) is 18.2 Å². The summed E-state index contributed by atoms with van der Waals surface area (Å²) < 4.78 is 9.91. The van der Waals surface area contributed by atoms with Crippen LogP contribution >= 0.6 is 15.9 Å². The SMILES string of the molecule is COC(=O)CN(CC(=O)OC)c1ccc(Br)cc1C#N. The third kappa shape index (κ3) is 4.24. The maximum atomic E-state index is 11.4. The van der Waals surface area contributed by atoms with Crippen molar-refractivity contribution >= 4 is 33.6 Å². The monoisotopic (exact) mass is 340 g/mol. The molecule has 20 heavy (non-hydrogen) atoms. The highest BCUT2D eigenvalue weighted by atomic mass is 79.9. The van der Waals surface area contributed by atoms with Crippen molar-refractivity contribution in [2.45, 2.75) is 0 Å². The Labute approximate surface area is 125 Å². The van der Waals surface area contributed by atoms with Crippen LogP contribution in [0.2, 0.25) is 0 Å². The summed E-state index contributed by atoms with van der Waals surface area (Å²) in [7, 11) is 2.51. The Morgan fingerprint density at radius 1 is 1.25 bits per heavy atom. The van der Waals surface area contributed by atoms with E-state index >= 15 is 0 Å². The molecule has 6 nitrogen and oxygen atoms in total. The van der Waals surface area contributed by atoms with Crippen molar-refractivity contribution in [2.24, 2.45) is 0 Å². The van der Waals surface area contributed by atoms with E-state index in [0.29, 0.717) is 11.3 Å². The van der Waals surface area contributed by atoms with Crippen LogP contribution in [0, 0.1) is 11.3 Å². The first kappa shape index (κ1) is 16.0. The van der Waals surface area contributed by atoms with Crippen LogP contribution in [0.15, 0.2) is 22.7 Å². The average molecular weight is 341 g/mol. The summed E-state index contributed by atoms with van der Waals surface area (Å²) in [5, 5.41) is 9.14. The van der Waals surface area contributed by atoms with E-state index in [2.05, 4.69) is 25.4 Å². The van der Waals surface area contributed by atoms with E-state index < -0.39 is 11.9 Å². The Hall–Kier alpha value is -2.07. The minimum atomic E-state index is -0.513. The van der Waals surface area contributed by atoms with Crippen molar-refractivity contribution in [3.63, 3.8) is 0 Å². The molecule has 1 aromatic carbocycles. The number of carbonyl (C=O) groups excluding carboxylic acids is 2. The zero-order valence-corrected chi connectivity index (χ0v) is 12.6. The number of esters is 2. The van der Waals surface area contributed by atoms with Gasteiger partial charge in [-0.05, 0) is 18.2 Å². The topological polar surface area (TPSA) is 79.6 Å². The van der Waals surface area contributed by atoms with Crippen LogP contribution in [0.4, 0.5) is 5.69 Å². The first-order chi connectivity index (χ1) is 9.51. The molecule has 0 spiro atoms. The molecule has 0 unspecified atom stereocenters. The van der Waals surface area contributed by atoms with Crippen LogP contribution in [0.3, 0.4) is 0 Å². The number of methoxy groups -OCH3 is 2. The van der Waals surface area contributed by atoms with Gasteiger partial charge in [-0.1, -0.05) is 15.9 Å². The predicted molar refractivity (Wildman–Crippen MR) is 75.1 cm³/mol. The van der Waals surface area contributed by atoms with Gasteiger partial charge in [0.25, 0.3) is 0 Å². The van der Waals surface area contributed by atoms with Gasteiger partial charge in [-0.2, -0.15) is 5.26 Å². The lowest BCUT2D eigenvalue weighted by Gasteiger charge is -2.23. The van der Waals surface area contributed by atoms with Crippen LogP contribution < -0.4 is 4.90 Å². The number of ether oxygens (including phenoxy) is 2. The molecular formula is C13H13BrN2O4. The van der Waals surface area contributed by atoms with Crippen LogP contribution in [0.1, 0.15) is 5.56 Å². The maximum Gasteiger partial charge on any atom is 0.325 e. The summed E-state index contributed by atoms with van der Waals surface area (Å²) in [5.41, 5.74) is 0.804. The van der Waals surface area contributed by atoms with Crippen molar-refractivity contribution in [1.29, 1.82) is 5.26 Å².